The highest BCUT2D eigenvalue weighted by atomic mass is 32.1. The van der Waals surface area contributed by atoms with E-state index in [4.69, 9.17) is 5.73 Å². The topological polar surface area (TPSA) is 85.3 Å². The zero-order valence-electron chi connectivity index (χ0n) is 14.3. The molecular formula is C19H16FN5OS. The Bertz CT molecular complexity index is 1190. The molecule has 0 bridgehead atoms. The average molecular weight is 381 g/mol. The van der Waals surface area contributed by atoms with Crippen LogP contribution in [-0.2, 0) is 0 Å². The van der Waals surface area contributed by atoms with Gasteiger partial charge in [0.25, 0.3) is 5.91 Å². The number of carbonyl (C=O) groups is 1. The Morgan fingerprint density at radius 2 is 2.26 bits per heavy atom. The van der Waals surface area contributed by atoms with Crippen LogP contribution in [0.5, 0.6) is 0 Å². The molecule has 1 fully saturated rings. The SMILES string of the molecule is NC(=O)c1cc2sc3nc(-c4ccc(C5CCCN5)cc4F)cn3c2cn1. The molecule has 0 spiro atoms. The highest BCUT2D eigenvalue weighted by molar-refractivity contribution is 7.23. The fourth-order valence-corrected chi connectivity index (χ4v) is 4.60. The van der Waals surface area contributed by atoms with Gasteiger partial charge in [-0.2, -0.15) is 0 Å². The van der Waals surface area contributed by atoms with Gasteiger partial charge in [0.05, 0.1) is 22.1 Å². The van der Waals surface area contributed by atoms with E-state index < -0.39 is 5.91 Å². The lowest BCUT2D eigenvalue weighted by Crippen LogP contribution is -2.13. The summed E-state index contributed by atoms with van der Waals surface area (Å²) in [7, 11) is 0. The van der Waals surface area contributed by atoms with Crippen LogP contribution in [0.15, 0.2) is 36.7 Å². The van der Waals surface area contributed by atoms with E-state index in [2.05, 4.69) is 15.3 Å². The number of primary amides is 1. The predicted octanol–water partition coefficient (Wildman–Crippen LogP) is 3.27. The minimum atomic E-state index is -0.567. The summed E-state index contributed by atoms with van der Waals surface area (Å²) < 4.78 is 17.5. The van der Waals surface area contributed by atoms with E-state index in [1.54, 1.807) is 30.6 Å². The van der Waals surface area contributed by atoms with Gasteiger partial charge in [0.2, 0.25) is 0 Å². The first-order valence-corrected chi connectivity index (χ1v) is 9.52. The number of fused-ring (bicyclic) bond motifs is 3. The fourth-order valence-electron chi connectivity index (χ4n) is 3.59. The van der Waals surface area contributed by atoms with Crippen LogP contribution >= 0.6 is 11.3 Å². The largest absolute Gasteiger partial charge is 0.364 e. The third-order valence-electron chi connectivity index (χ3n) is 4.96. The van der Waals surface area contributed by atoms with Crippen molar-refractivity contribution in [3.05, 3.63) is 53.7 Å². The molecule has 5 rings (SSSR count). The molecule has 4 heterocycles. The van der Waals surface area contributed by atoms with Gasteiger partial charge in [0, 0.05) is 17.8 Å². The summed E-state index contributed by atoms with van der Waals surface area (Å²) >= 11 is 1.41. The lowest BCUT2D eigenvalue weighted by atomic mass is 10.0. The van der Waals surface area contributed by atoms with Crippen LogP contribution in [0.1, 0.15) is 34.9 Å². The van der Waals surface area contributed by atoms with Crippen LogP contribution in [0.3, 0.4) is 0 Å². The molecule has 3 N–H and O–H groups in total. The van der Waals surface area contributed by atoms with Crippen molar-refractivity contribution in [1.82, 2.24) is 19.7 Å². The van der Waals surface area contributed by atoms with E-state index in [0.717, 1.165) is 35.2 Å². The number of halogens is 1. The van der Waals surface area contributed by atoms with Gasteiger partial charge in [-0.3, -0.25) is 9.20 Å². The Labute approximate surface area is 157 Å². The van der Waals surface area contributed by atoms with Gasteiger partial charge in [-0.25, -0.2) is 14.4 Å². The molecule has 1 unspecified atom stereocenters. The molecule has 1 amide bonds. The lowest BCUT2D eigenvalue weighted by molar-refractivity contribution is 0.0996. The van der Waals surface area contributed by atoms with Gasteiger partial charge in [0.15, 0.2) is 4.96 Å². The highest BCUT2D eigenvalue weighted by Crippen LogP contribution is 2.32. The van der Waals surface area contributed by atoms with E-state index in [1.807, 2.05) is 10.5 Å². The van der Waals surface area contributed by atoms with Crippen LogP contribution in [-0.4, -0.2) is 26.8 Å². The van der Waals surface area contributed by atoms with Crippen molar-refractivity contribution >= 4 is 32.4 Å². The average Bonchev–Trinajstić information content (AvgIpc) is 3.37. The quantitative estimate of drug-likeness (QED) is 0.570. The van der Waals surface area contributed by atoms with Crippen LogP contribution in [0, 0.1) is 5.82 Å². The number of hydrogen-bond donors (Lipinski definition) is 2. The minimum absolute atomic E-state index is 0.217. The summed E-state index contributed by atoms with van der Waals surface area (Å²) in [6, 6.07) is 7.25. The van der Waals surface area contributed by atoms with E-state index in [1.165, 1.54) is 11.3 Å². The van der Waals surface area contributed by atoms with Crippen molar-refractivity contribution in [2.75, 3.05) is 6.54 Å². The Balaban J connectivity index is 1.56. The number of nitrogens with two attached hydrogens (primary N) is 1. The third-order valence-corrected chi connectivity index (χ3v) is 5.98. The molecule has 3 aromatic heterocycles. The summed E-state index contributed by atoms with van der Waals surface area (Å²) in [5.41, 5.74) is 8.34. The first-order chi connectivity index (χ1) is 13.1. The Morgan fingerprint density at radius 3 is 3.00 bits per heavy atom. The van der Waals surface area contributed by atoms with E-state index in [9.17, 15) is 9.18 Å². The molecule has 6 nitrogen and oxygen atoms in total. The molecule has 8 heteroatoms. The maximum atomic E-state index is 14.7. The van der Waals surface area contributed by atoms with Crippen molar-refractivity contribution < 1.29 is 9.18 Å². The van der Waals surface area contributed by atoms with Gasteiger partial charge in [-0.05, 0) is 43.1 Å². The number of aromatic nitrogens is 3. The maximum absolute atomic E-state index is 14.7. The predicted molar refractivity (Wildman–Crippen MR) is 102 cm³/mol. The number of thiazole rings is 1. The molecule has 1 aromatic carbocycles. The first-order valence-electron chi connectivity index (χ1n) is 8.71. The molecule has 4 aromatic rings. The highest BCUT2D eigenvalue weighted by Gasteiger charge is 2.19. The molecule has 0 radical (unpaired) electrons. The molecule has 27 heavy (non-hydrogen) atoms. The standard InChI is InChI=1S/C19H16FN5OS/c20-12-6-10(13-2-1-5-22-13)3-4-11(12)15-9-25-16-8-23-14(18(21)26)7-17(16)27-19(25)24-15/h3-4,6-9,13,22H,1-2,5H2,(H2,21,26). The third kappa shape index (κ3) is 2.68. The van der Waals surface area contributed by atoms with Crippen LogP contribution in [0.2, 0.25) is 0 Å². The van der Waals surface area contributed by atoms with E-state index in [-0.39, 0.29) is 17.6 Å². The van der Waals surface area contributed by atoms with Crippen molar-refractivity contribution in [1.29, 1.82) is 0 Å². The van der Waals surface area contributed by atoms with Gasteiger partial charge >= 0.3 is 0 Å². The normalized spacial score (nSPS) is 17.1. The number of rotatable bonds is 3. The molecule has 1 saturated heterocycles. The number of carbonyl (C=O) groups excluding carboxylic acids is 1. The zero-order chi connectivity index (χ0) is 18.5. The monoisotopic (exact) mass is 381 g/mol. The summed E-state index contributed by atoms with van der Waals surface area (Å²) in [5.74, 6) is -0.840. The Morgan fingerprint density at radius 1 is 1.37 bits per heavy atom. The van der Waals surface area contributed by atoms with Crippen LogP contribution in [0.25, 0.3) is 26.4 Å². The number of pyridine rings is 1. The van der Waals surface area contributed by atoms with Crippen molar-refractivity contribution in [2.24, 2.45) is 5.73 Å². The smallest absolute Gasteiger partial charge is 0.267 e. The summed E-state index contributed by atoms with van der Waals surface area (Å²) in [5, 5.41) is 3.38. The van der Waals surface area contributed by atoms with Gasteiger partial charge in [-0.15, -0.1) is 0 Å². The van der Waals surface area contributed by atoms with Crippen molar-refractivity contribution in [3.63, 3.8) is 0 Å². The number of imidazole rings is 1. The van der Waals surface area contributed by atoms with Gasteiger partial charge in [-0.1, -0.05) is 17.4 Å². The summed E-state index contributed by atoms with van der Waals surface area (Å²) in [6.45, 7) is 0.976. The lowest BCUT2D eigenvalue weighted by Gasteiger charge is -2.11. The number of nitrogens with zero attached hydrogens (tertiary/aromatic N) is 3. The minimum Gasteiger partial charge on any atom is -0.364 e. The molecule has 136 valence electrons. The van der Waals surface area contributed by atoms with Crippen LogP contribution in [0.4, 0.5) is 4.39 Å². The van der Waals surface area contributed by atoms with Gasteiger partial charge < -0.3 is 11.1 Å². The maximum Gasteiger partial charge on any atom is 0.267 e. The summed E-state index contributed by atoms with van der Waals surface area (Å²) in [6.07, 6.45) is 5.54. The number of amides is 1. The molecule has 1 aliphatic rings. The number of nitrogens with one attached hydrogen (secondary N) is 1. The second-order valence-corrected chi connectivity index (χ2v) is 7.68. The fraction of sp³-hybridized carbons (Fsp3) is 0.211. The number of hydrogen-bond acceptors (Lipinski definition) is 5. The summed E-state index contributed by atoms with van der Waals surface area (Å²) in [4.78, 5) is 20.7. The van der Waals surface area contributed by atoms with Crippen LogP contribution < -0.4 is 11.1 Å². The van der Waals surface area contributed by atoms with E-state index in [0.29, 0.717) is 16.2 Å². The first kappa shape index (κ1) is 16.3. The number of benzene rings is 1. The van der Waals surface area contributed by atoms with Gasteiger partial charge in [0.1, 0.15) is 11.5 Å². The molecule has 0 saturated carbocycles. The Hall–Kier alpha value is -2.84. The second-order valence-electron chi connectivity index (χ2n) is 6.67. The second kappa shape index (κ2) is 6.11. The molecule has 0 aliphatic carbocycles. The van der Waals surface area contributed by atoms with Crippen molar-refractivity contribution in [2.45, 2.75) is 18.9 Å². The molecule has 1 atom stereocenters. The Kier molecular flexibility index (Phi) is 3.70. The van der Waals surface area contributed by atoms with E-state index >= 15 is 0 Å². The molecule has 1 aliphatic heterocycles. The zero-order valence-corrected chi connectivity index (χ0v) is 15.1. The molecular weight excluding hydrogens is 365 g/mol. The van der Waals surface area contributed by atoms with Crippen molar-refractivity contribution in [3.8, 4) is 11.3 Å².